The van der Waals surface area contributed by atoms with Gasteiger partial charge >= 0.3 is 0 Å². The molecule has 3 rings (SSSR count). The third-order valence-electron chi connectivity index (χ3n) is 4.75. The van der Waals surface area contributed by atoms with Crippen LogP contribution in [0.25, 0.3) is 0 Å². The number of hydrogen-bond donors (Lipinski definition) is 1. The molecule has 2 heterocycles. The molecule has 0 saturated carbocycles. The molecule has 1 aliphatic rings. The number of anilines is 2. The third-order valence-corrected chi connectivity index (χ3v) is 5.08. The smallest absolute Gasteiger partial charge is 0.241 e. The monoisotopic (exact) mass is 373 g/mol. The lowest BCUT2D eigenvalue weighted by Gasteiger charge is -2.34. The van der Waals surface area contributed by atoms with Crippen LogP contribution < -0.4 is 10.2 Å². The molecule has 0 unspecified atom stereocenters. The number of halogens is 1. The molecule has 1 aromatic heterocycles. The number of benzene rings is 1. The number of rotatable bonds is 6. The Hall–Kier alpha value is -2.34. The highest BCUT2D eigenvalue weighted by atomic mass is 35.5. The second-order valence-corrected chi connectivity index (χ2v) is 7.03. The van der Waals surface area contributed by atoms with E-state index in [1.165, 1.54) is 0 Å². The van der Waals surface area contributed by atoms with Crippen LogP contribution in [0.5, 0.6) is 0 Å². The molecule has 1 aliphatic heterocycles. The topological polar surface area (TPSA) is 61.4 Å². The quantitative estimate of drug-likeness (QED) is 0.843. The molecule has 7 heteroatoms. The fourth-order valence-corrected chi connectivity index (χ4v) is 3.43. The summed E-state index contributed by atoms with van der Waals surface area (Å²) in [4.78, 5) is 16.5. The normalized spacial score (nSPS) is 14.9. The molecule has 1 saturated heterocycles. The second-order valence-electron chi connectivity index (χ2n) is 6.62. The molecule has 0 spiro atoms. The van der Waals surface area contributed by atoms with Crippen LogP contribution in [0, 0.1) is 5.92 Å². The average molecular weight is 374 g/mol. The molecule has 0 aliphatic carbocycles. The summed E-state index contributed by atoms with van der Waals surface area (Å²) in [6.45, 7) is 2.79. The largest absolute Gasteiger partial charge is 0.375 e. The first-order valence-electron chi connectivity index (χ1n) is 8.88. The van der Waals surface area contributed by atoms with Crippen LogP contribution in [-0.2, 0) is 4.79 Å². The molecular formula is C19H24ClN5O. The first kappa shape index (κ1) is 18.5. The van der Waals surface area contributed by atoms with Gasteiger partial charge in [-0.3, -0.25) is 4.79 Å². The van der Waals surface area contributed by atoms with Gasteiger partial charge in [-0.2, -0.15) is 5.10 Å². The maximum absolute atomic E-state index is 12.4. The van der Waals surface area contributed by atoms with E-state index in [4.69, 9.17) is 11.6 Å². The van der Waals surface area contributed by atoms with Crippen LogP contribution in [0.2, 0.25) is 5.02 Å². The number of hydrogen-bond acceptors (Lipinski definition) is 5. The fourth-order valence-electron chi connectivity index (χ4n) is 3.23. The summed E-state index contributed by atoms with van der Waals surface area (Å²) in [5, 5.41) is 11.8. The van der Waals surface area contributed by atoms with Gasteiger partial charge in [0.15, 0.2) is 5.82 Å². The van der Waals surface area contributed by atoms with Crippen molar-refractivity contribution in [2.45, 2.75) is 12.8 Å². The number of amides is 1. The minimum absolute atomic E-state index is 0.116. The van der Waals surface area contributed by atoms with Crippen molar-refractivity contribution in [3.05, 3.63) is 47.6 Å². The van der Waals surface area contributed by atoms with Gasteiger partial charge in [-0.05, 0) is 43.0 Å². The minimum atomic E-state index is 0.116. The van der Waals surface area contributed by atoms with Crippen LogP contribution in [0.15, 0.2) is 42.6 Å². The highest BCUT2D eigenvalue weighted by Crippen LogP contribution is 2.22. The molecule has 26 heavy (non-hydrogen) atoms. The average Bonchev–Trinajstić information content (AvgIpc) is 2.68. The Bertz CT molecular complexity index is 719. The van der Waals surface area contributed by atoms with Gasteiger partial charge in [-0.25, -0.2) is 0 Å². The van der Waals surface area contributed by atoms with Crippen molar-refractivity contribution >= 4 is 29.0 Å². The molecule has 2 aromatic rings. The van der Waals surface area contributed by atoms with E-state index < -0.39 is 0 Å². The van der Waals surface area contributed by atoms with Gasteiger partial charge in [0.2, 0.25) is 5.91 Å². The number of nitrogens with one attached hydrogen (secondary N) is 1. The van der Waals surface area contributed by atoms with Gasteiger partial charge in [0.1, 0.15) is 0 Å². The van der Waals surface area contributed by atoms with Crippen molar-refractivity contribution in [1.29, 1.82) is 0 Å². The minimum Gasteiger partial charge on any atom is -0.375 e. The maximum Gasteiger partial charge on any atom is 0.241 e. The Balaban J connectivity index is 1.43. The fraction of sp³-hybridized carbons (Fsp3) is 0.421. The zero-order valence-electron chi connectivity index (χ0n) is 14.9. The molecule has 0 radical (unpaired) electrons. The lowest BCUT2D eigenvalue weighted by molar-refractivity contribution is -0.130. The van der Waals surface area contributed by atoms with Gasteiger partial charge in [0.05, 0.1) is 17.3 Å². The van der Waals surface area contributed by atoms with Crippen molar-refractivity contribution in [2.24, 2.45) is 5.92 Å². The number of likely N-dealkylation sites (tertiary alicyclic amines) is 1. The van der Waals surface area contributed by atoms with Crippen LogP contribution in [0.3, 0.4) is 0 Å². The number of piperidine rings is 1. The van der Waals surface area contributed by atoms with Crippen LogP contribution in [-0.4, -0.2) is 54.2 Å². The Morgan fingerprint density at radius 1 is 1.27 bits per heavy atom. The third kappa shape index (κ3) is 4.85. The van der Waals surface area contributed by atoms with Gasteiger partial charge < -0.3 is 15.1 Å². The van der Waals surface area contributed by atoms with Gasteiger partial charge in [-0.1, -0.05) is 23.7 Å². The maximum atomic E-state index is 12.4. The summed E-state index contributed by atoms with van der Waals surface area (Å²) in [7, 11) is 2.04. The standard InChI is InChI=1S/C19H24ClN5O/c1-24(18-7-4-10-22-23-18)14-15-8-11-25(12-9-15)19(26)13-21-17-6-3-2-5-16(17)20/h2-7,10,15,21H,8-9,11-14H2,1H3. The summed E-state index contributed by atoms with van der Waals surface area (Å²) in [6.07, 6.45) is 3.68. The molecule has 1 amide bonds. The number of para-hydroxylation sites is 1. The number of carbonyl (C=O) groups is 1. The highest BCUT2D eigenvalue weighted by Gasteiger charge is 2.23. The summed E-state index contributed by atoms with van der Waals surface area (Å²) < 4.78 is 0. The molecule has 0 bridgehead atoms. The molecule has 1 N–H and O–H groups in total. The van der Waals surface area contributed by atoms with E-state index in [1.807, 2.05) is 48.3 Å². The van der Waals surface area contributed by atoms with Crippen molar-refractivity contribution in [2.75, 3.05) is 43.4 Å². The Morgan fingerprint density at radius 3 is 2.73 bits per heavy atom. The first-order valence-corrected chi connectivity index (χ1v) is 9.26. The van der Waals surface area contributed by atoms with Crippen molar-refractivity contribution in [3.63, 3.8) is 0 Å². The highest BCUT2D eigenvalue weighted by molar-refractivity contribution is 6.33. The SMILES string of the molecule is CN(CC1CCN(C(=O)CNc2ccccc2Cl)CC1)c1cccnn1. The second kappa shape index (κ2) is 8.85. The zero-order valence-corrected chi connectivity index (χ0v) is 15.7. The van der Waals surface area contributed by atoms with Crippen molar-refractivity contribution in [3.8, 4) is 0 Å². The number of nitrogens with zero attached hydrogens (tertiary/aromatic N) is 4. The molecule has 138 valence electrons. The van der Waals surface area contributed by atoms with E-state index >= 15 is 0 Å². The van der Waals surface area contributed by atoms with Gasteiger partial charge in [0, 0.05) is 32.9 Å². The van der Waals surface area contributed by atoms with E-state index in [0.717, 1.165) is 44.0 Å². The molecule has 1 fully saturated rings. The van der Waals surface area contributed by atoms with Crippen LogP contribution >= 0.6 is 11.6 Å². The van der Waals surface area contributed by atoms with Crippen molar-refractivity contribution in [1.82, 2.24) is 15.1 Å². The number of carbonyl (C=O) groups excluding carboxylic acids is 1. The van der Waals surface area contributed by atoms with E-state index in [1.54, 1.807) is 6.20 Å². The lowest BCUT2D eigenvalue weighted by atomic mass is 9.96. The molecule has 0 atom stereocenters. The molecular weight excluding hydrogens is 350 g/mol. The summed E-state index contributed by atoms with van der Waals surface area (Å²) in [6, 6.07) is 11.3. The number of aromatic nitrogens is 2. The van der Waals surface area contributed by atoms with Crippen molar-refractivity contribution < 1.29 is 4.79 Å². The van der Waals surface area contributed by atoms with E-state index in [0.29, 0.717) is 10.9 Å². The predicted octanol–water partition coefficient (Wildman–Crippen LogP) is 2.92. The van der Waals surface area contributed by atoms with Crippen LogP contribution in [0.1, 0.15) is 12.8 Å². The summed E-state index contributed by atoms with van der Waals surface area (Å²) >= 11 is 6.11. The molecule has 1 aromatic carbocycles. The predicted molar refractivity (Wildman–Crippen MR) is 105 cm³/mol. The Morgan fingerprint density at radius 2 is 2.04 bits per heavy atom. The summed E-state index contributed by atoms with van der Waals surface area (Å²) in [5.74, 6) is 1.56. The van der Waals surface area contributed by atoms with Gasteiger partial charge in [0.25, 0.3) is 0 Å². The van der Waals surface area contributed by atoms with Gasteiger partial charge in [-0.15, -0.1) is 5.10 Å². The first-order chi connectivity index (χ1) is 12.6. The summed E-state index contributed by atoms with van der Waals surface area (Å²) in [5.41, 5.74) is 0.794. The van der Waals surface area contributed by atoms with Crippen LogP contribution in [0.4, 0.5) is 11.5 Å². The van der Waals surface area contributed by atoms with E-state index in [2.05, 4.69) is 20.4 Å². The zero-order chi connectivity index (χ0) is 18.4. The van der Waals surface area contributed by atoms with E-state index in [-0.39, 0.29) is 12.5 Å². The molecule has 6 nitrogen and oxygen atoms in total. The lowest BCUT2D eigenvalue weighted by Crippen LogP contribution is -2.43. The Kier molecular flexibility index (Phi) is 6.28. The Labute approximate surface area is 159 Å². The van der Waals surface area contributed by atoms with E-state index in [9.17, 15) is 4.79 Å².